The Kier molecular flexibility index (Phi) is 7.21. The predicted octanol–water partition coefficient (Wildman–Crippen LogP) is 6.22. The van der Waals surface area contributed by atoms with Crippen molar-refractivity contribution >= 4 is 34.8 Å². The number of aryl methyl sites for hydroxylation is 1. The maximum atomic E-state index is 8.43. The normalized spacial score (nSPS) is 12.5. The van der Waals surface area contributed by atoms with E-state index < -0.39 is 0 Å². The molecule has 0 saturated heterocycles. The topological polar surface area (TPSA) is 90.9 Å². The van der Waals surface area contributed by atoms with Crippen LogP contribution < -0.4 is 16.0 Å². The quantitative estimate of drug-likeness (QED) is 0.290. The molecule has 2 heterocycles. The molecule has 6 heteroatoms. The summed E-state index contributed by atoms with van der Waals surface area (Å²) in [6, 6.07) is 14.7. The van der Waals surface area contributed by atoms with Gasteiger partial charge in [-0.05, 0) is 47.6 Å². The molecule has 0 fully saturated rings. The van der Waals surface area contributed by atoms with Crippen LogP contribution >= 0.6 is 0 Å². The standard InChI is InChI=1S/C30H32N6/c1-6-7-14-25(31)28-29(32)34-18-35-30(28)33-17-23-16-22-12-10-11-20(4)27(22)21(5)36(23)26-15-9-8-13-24(26)19(2)3/h8-13,15-16,18-19,31H,5-6,17H2,1-4H3,(H3,32,33,34,35). The van der Waals surface area contributed by atoms with Crippen molar-refractivity contribution in [3.63, 3.8) is 0 Å². The van der Waals surface area contributed by atoms with E-state index in [4.69, 9.17) is 11.1 Å². The number of anilines is 3. The van der Waals surface area contributed by atoms with Crippen LogP contribution in [0.25, 0.3) is 11.8 Å². The molecule has 1 aromatic heterocycles. The number of nitrogens with two attached hydrogens (primary N) is 1. The molecule has 0 saturated carbocycles. The Morgan fingerprint density at radius 2 is 1.94 bits per heavy atom. The first kappa shape index (κ1) is 24.7. The molecule has 0 unspecified atom stereocenters. The molecule has 0 amide bonds. The Hall–Kier alpha value is -4.37. The highest BCUT2D eigenvalue weighted by atomic mass is 15.2. The smallest absolute Gasteiger partial charge is 0.142 e. The second-order valence-corrected chi connectivity index (χ2v) is 9.04. The van der Waals surface area contributed by atoms with Crippen molar-refractivity contribution < 1.29 is 0 Å². The number of fused-ring (bicyclic) bond motifs is 1. The number of aromatic nitrogens is 2. The summed E-state index contributed by atoms with van der Waals surface area (Å²) in [5.74, 6) is 6.82. The largest absolute Gasteiger partial charge is 0.383 e. The molecule has 0 radical (unpaired) electrons. The van der Waals surface area contributed by atoms with Crippen molar-refractivity contribution in [3.8, 4) is 11.8 Å². The molecule has 3 aromatic rings. The van der Waals surface area contributed by atoms with E-state index in [1.165, 1.54) is 17.5 Å². The highest BCUT2D eigenvalue weighted by molar-refractivity contribution is 6.16. The second kappa shape index (κ2) is 10.5. The van der Waals surface area contributed by atoms with Crippen molar-refractivity contribution in [3.05, 3.63) is 88.9 Å². The van der Waals surface area contributed by atoms with E-state index in [-0.39, 0.29) is 11.5 Å². The third-order valence-electron chi connectivity index (χ3n) is 6.23. The molecule has 36 heavy (non-hydrogen) atoms. The van der Waals surface area contributed by atoms with Crippen molar-refractivity contribution in [1.82, 2.24) is 9.97 Å². The first-order valence-electron chi connectivity index (χ1n) is 12.1. The highest BCUT2D eigenvalue weighted by Crippen LogP contribution is 2.41. The van der Waals surface area contributed by atoms with Crippen LogP contribution in [0.2, 0.25) is 0 Å². The van der Waals surface area contributed by atoms with Gasteiger partial charge in [0.15, 0.2) is 0 Å². The zero-order valence-corrected chi connectivity index (χ0v) is 21.3. The van der Waals surface area contributed by atoms with Gasteiger partial charge in [-0.25, -0.2) is 9.97 Å². The zero-order valence-electron chi connectivity index (χ0n) is 21.3. The van der Waals surface area contributed by atoms with E-state index in [1.807, 2.05) is 6.92 Å². The summed E-state index contributed by atoms with van der Waals surface area (Å²) < 4.78 is 0. The fourth-order valence-electron chi connectivity index (χ4n) is 4.54. The summed E-state index contributed by atoms with van der Waals surface area (Å²) >= 11 is 0. The number of hydrogen-bond donors (Lipinski definition) is 3. The van der Waals surface area contributed by atoms with Gasteiger partial charge in [-0.1, -0.05) is 69.7 Å². The van der Waals surface area contributed by atoms with Gasteiger partial charge in [-0.15, -0.1) is 0 Å². The van der Waals surface area contributed by atoms with Crippen LogP contribution in [0.3, 0.4) is 0 Å². The zero-order chi connectivity index (χ0) is 25.8. The molecule has 0 bridgehead atoms. The molecule has 182 valence electrons. The minimum absolute atomic E-state index is 0.0995. The van der Waals surface area contributed by atoms with Gasteiger partial charge in [-0.2, -0.15) is 0 Å². The molecule has 4 rings (SSSR count). The number of nitrogen functional groups attached to an aromatic ring is 1. The van der Waals surface area contributed by atoms with E-state index in [0.717, 1.165) is 28.2 Å². The van der Waals surface area contributed by atoms with Crippen molar-refractivity contribution in [2.75, 3.05) is 22.5 Å². The summed E-state index contributed by atoms with van der Waals surface area (Å²) in [4.78, 5) is 10.7. The summed E-state index contributed by atoms with van der Waals surface area (Å²) in [6.07, 6.45) is 4.24. The summed E-state index contributed by atoms with van der Waals surface area (Å²) in [5.41, 5.74) is 14.4. The van der Waals surface area contributed by atoms with Gasteiger partial charge in [0.05, 0.1) is 12.1 Å². The van der Waals surface area contributed by atoms with Crippen LogP contribution in [0.4, 0.5) is 17.3 Å². The van der Waals surface area contributed by atoms with Crippen LogP contribution in [-0.4, -0.2) is 22.2 Å². The van der Waals surface area contributed by atoms with Crippen molar-refractivity contribution in [2.45, 2.75) is 40.0 Å². The fraction of sp³-hybridized carbons (Fsp3) is 0.233. The monoisotopic (exact) mass is 476 g/mol. The third kappa shape index (κ3) is 4.73. The van der Waals surface area contributed by atoms with Gasteiger partial charge in [0, 0.05) is 29.1 Å². The van der Waals surface area contributed by atoms with Crippen LogP contribution in [0, 0.1) is 24.2 Å². The number of benzene rings is 2. The van der Waals surface area contributed by atoms with E-state index in [1.54, 1.807) is 0 Å². The van der Waals surface area contributed by atoms with Crippen LogP contribution in [-0.2, 0) is 0 Å². The van der Waals surface area contributed by atoms with Gasteiger partial charge in [0.1, 0.15) is 23.7 Å². The minimum Gasteiger partial charge on any atom is -0.383 e. The lowest BCUT2D eigenvalue weighted by atomic mass is 9.92. The lowest BCUT2D eigenvalue weighted by Gasteiger charge is -2.36. The fourth-order valence-corrected chi connectivity index (χ4v) is 4.54. The average molecular weight is 477 g/mol. The molecule has 0 spiro atoms. The first-order valence-corrected chi connectivity index (χ1v) is 12.1. The van der Waals surface area contributed by atoms with Crippen LogP contribution in [0.15, 0.2) is 61.1 Å². The second-order valence-electron chi connectivity index (χ2n) is 9.04. The molecular formula is C30H32N6. The lowest BCUT2D eigenvalue weighted by molar-refractivity contribution is 0.861. The number of rotatable bonds is 6. The maximum Gasteiger partial charge on any atom is 0.142 e. The van der Waals surface area contributed by atoms with Gasteiger partial charge in [-0.3, -0.25) is 5.41 Å². The van der Waals surface area contributed by atoms with Crippen molar-refractivity contribution in [1.29, 1.82) is 5.41 Å². The minimum atomic E-state index is 0.0995. The first-order chi connectivity index (χ1) is 17.3. The molecule has 6 nitrogen and oxygen atoms in total. The Morgan fingerprint density at radius 3 is 2.69 bits per heavy atom. The number of hydrogen-bond acceptors (Lipinski definition) is 6. The number of nitrogens with zero attached hydrogens (tertiary/aromatic N) is 3. The van der Waals surface area contributed by atoms with Crippen LogP contribution in [0.1, 0.15) is 60.9 Å². The summed E-state index contributed by atoms with van der Waals surface area (Å²) in [7, 11) is 0. The molecule has 0 aliphatic carbocycles. The van der Waals surface area contributed by atoms with E-state index in [0.29, 0.717) is 30.3 Å². The lowest BCUT2D eigenvalue weighted by Crippen LogP contribution is -2.30. The predicted molar refractivity (Wildman–Crippen MR) is 151 cm³/mol. The maximum absolute atomic E-state index is 8.43. The summed E-state index contributed by atoms with van der Waals surface area (Å²) in [5, 5.41) is 11.8. The molecule has 1 aliphatic heterocycles. The molecular weight excluding hydrogens is 444 g/mol. The van der Waals surface area contributed by atoms with E-state index in [2.05, 4.69) is 108 Å². The molecule has 0 atom stereocenters. The van der Waals surface area contributed by atoms with Crippen molar-refractivity contribution in [2.24, 2.45) is 0 Å². The average Bonchev–Trinajstić information content (AvgIpc) is 2.86. The van der Waals surface area contributed by atoms with Gasteiger partial charge in [0.25, 0.3) is 0 Å². The molecule has 2 aromatic carbocycles. The van der Waals surface area contributed by atoms with Gasteiger partial charge < -0.3 is 16.0 Å². The molecule has 4 N–H and O–H groups in total. The Morgan fingerprint density at radius 1 is 1.17 bits per heavy atom. The Labute approximate surface area is 213 Å². The Balaban J connectivity index is 1.79. The summed E-state index contributed by atoms with van der Waals surface area (Å²) in [6.45, 7) is 13.4. The van der Waals surface area contributed by atoms with Gasteiger partial charge in [0.2, 0.25) is 0 Å². The number of nitrogens with one attached hydrogen (secondary N) is 2. The SMILES string of the molecule is C=C1c2c(C)cccc2C=C(CNc2ncnc(N)c2C(=N)C#CCC)N1c1ccccc1C(C)C. The van der Waals surface area contributed by atoms with E-state index >= 15 is 0 Å². The van der Waals surface area contributed by atoms with Gasteiger partial charge >= 0.3 is 0 Å². The highest BCUT2D eigenvalue weighted by Gasteiger charge is 2.27. The third-order valence-corrected chi connectivity index (χ3v) is 6.23. The van der Waals surface area contributed by atoms with Crippen LogP contribution in [0.5, 0.6) is 0 Å². The Bertz CT molecular complexity index is 1420. The van der Waals surface area contributed by atoms with E-state index in [9.17, 15) is 0 Å². The number of para-hydroxylation sites is 1. The molecule has 1 aliphatic rings.